The van der Waals surface area contributed by atoms with E-state index in [0.717, 1.165) is 49.3 Å². The van der Waals surface area contributed by atoms with Crippen LogP contribution in [0.25, 0.3) is 11.0 Å². The molecular weight excluding hydrogens is 608 g/mol. The fourth-order valence-corrected chi connectivity index (χ4v) is 9.12. The quantitative estimate of drug-likeness (QED) is 0.277. The molecule has 242 valence electrons. The van der Waals surface area contributed by atoms with Gasteiger partial charge in [0.25, 0.3) is 5.91 Å². The van der Waals surface area contributed by atoms with Crippen molar-refractivity contribution >= 4 is 27.0 Å². The number of fused-ring (bicyclic) bond motifs is 3. The number of halogens is 2. The number of benzene rings is 3. The molecule has 7 rings (SSSR count). The van der Waals surface area contributed by atoms with Gasteiger partial charge in [-0.25, -0.2) is 27.3 Å². The lowest BCUT2D eigenvalue weighted by Gasteiger charge is -2.45. The third-order valence-electron chi connectivity index (χ3n) is 10.8. The summed E-state index contributed by atoms with van der Waals surface area (Å²) in [6.07, 6.45) is 6.72. The van der Waals surface area contributed by atoms with Crippen molar-refractivity contribution in [2.75, 3.05) is 19.6 Å². The normalized spacial score (nSPS) is 23.2. The Balaban J connectivity index is 1.08. The number of aryl methyl sites for hydroxylation is 1. The summed E-state index contributed by atoms with van der Waals surface area (Å²) in [6.45, 7) is 3.64. The van der Waals surface area contributed by atoms with Gasteiger partial charge in [0.1, 0.15) is 22.1 Å². The van der Waals surface area contributed by atoms with Crippen LogP contribution >= 0.6 is 0 Å². The summed E-state index contributed by atoms with van der Waals surface area (Å²) >= 11 is 0. The molecule has 2 N–H and O–H groups in total. The molecule has 1 unspecified atom stereocenters. The molecule has 3 atom stereocenters. The first-order valence-electron chi connectivity index (χ1n) is 16.1. The van der Waals surface area contributed by atoms with E-state index in [1.165, 1.54) is 28.8 Å². The lowest BCUT2D eigenvalue weighted by molar-refractivity contribution is 0.0598. The fraction of sp³-hybridized carbons (Fsp3) is 0.429. The van der Waals surface area contributed by atoms with E-state index in [0.29, 0.717) is 44.1 Å². The second kappa shape index (κ2) is 11.8. The minimum atomic E-state index is -4.46. The van der Waals surface area contributed by atoms with E-state index >= 15 is 4.39 Å². The molecule has 3 saturated heterocycles. The lowest BCUT2D eigenvalue weighted by atomic mass is 9.70. The Hall–Kier alpha value is -3.67. The summed E-state index contributed by atoms with van der Waals surface area (Å²) in [7, 11) is -4.46. The second-order valence-electron chi connectivity index (χ2n) is 13.2. The average Bonchev–Trinajstić information content (AvgIpc) is 3.50. The minimum absolute atomic E-state index is 0.203. The number of sulfonamides is 1. The molecule has 0 aliphatic carbocycles. The van der Waals surface area contributed by atoms with Gasteiger partial charge in [0.2, 0.25) is 10.0 Å². The number of amides is 1. The number of nitrogens with two attached hydrogens (primary N) is 1. The predicted octanol–water partition coefficient (Wildman–Crippen LogP) is 5.70. The van der Waals surface area contributed by atoms with Crippen LogP contribution in [-0.2, 0) is 15.4 Å². The van der Waals surface area contributed by atoms with Crippen molar-refractivity contribution in [3.8, 4) is 0 Å². The zero-order valence-electron chi connectivity index (χ0n) is 25.9. The number of likely N-dealkylation sites (tertiary alicyclic amines) is 1. The summed E-state index contributed by atoms with van der Waals surface area (Å²) in [5, 5.41) is 5.11. The number of primary sulfonamides is 1. The largest absolute Gasteiger partial charge is 0.338 e. The smallest absolute Gasteiger partial charge is 0.259 e. The van der Waals surface area contributed by atoms with Crippen LogP contribution in [0.1, 0.15) is 72.7 Å². The highest BCUT2D eigenvalue weighted by Crippen LogP contribution is 2.45. The van der Waals surface area contributed by atoms with Crippen LogP contribution in [0.2, 0.25) is 0 Å². The van der Waals surface area contributed by atoms with E-state index in [1.54, 1.807) is 0 Å². The van der Waals surface area contributed by atoms with E-state index in [9.17, 15) is 17.6 Å². The van der Waals surface area contributed by atoms with E-state index in [4.69, 9.17) is 10.1 Å². The van der Waals surface area contributed by atoms with E-state index in [1.807, 2.05) is 24.3 Å². The van der Waals surface area contributed by atoms with E-state index in [-0.39, 0.29) is 5.41 Å². The zero-order chi connectivity index (χ0) is 32.2. The topological polar surface area (TPSA) is 102 Å². The monoisotopic (exact) mass is 647 g/mol. The average molecular weight is 648 g/mol. The molecule has 3 aliphatic rings. The van der Waals surface area contributed by atoms with Crippen molar-refractivity contribution in [2.45, 2.75) is 80.3 Å². The van der Waals surface area contributed by atoms with Crippen molar-refractivity contribution in [1.29, 1.82) is 0 Å². The first-order valence-corrected chi connectivity index (χ1v) is 17.7. The molecule has 0 spiro atoms. The minimum Gasteiger partial charge on any atom is -0.338 e. The summed E-state index contributed by atoms with van der Waals surface area (Å²) in [4.78, 5) is 21.5. The Morgan fingerprint density at radius 3 is 2.26 bits per heavy atom. The number of hydrogen-bond acceptors (Lipinski definition) is 5. The number of rotatable bonds is 7. The Bertz CT molecular complexity index is 1870. The third kappa shape index (κ3) is 5.42. The van der Waals surface area contributed by atoms with Crippen molar-refractivity contribution in [1.82, 2.24) is 19.4 Å². The van der Waals surface area contributed by atoms with Gasteiger partial charge in [-0.3, -0.25) is 9.69 Å². The molecule has 2 bridgehead atoms. The number of nitrogens with zero attached hydrogens (tertiary/aromatic N) is 4. The van der Waals surface area contributed by atoms with E-state index in [2.05, 4.69) is 46.7 Å². The number of carbonyl (C=O) groups is 1. The molecule has 3 aromatic carbocycles. The van der Waals surface area contributed by atoms with Crippen LogP contribution in [-0.4, -0.2) is 65.4 Å². The lowest BCUT2D eigenvalue weighted by Crippen LogP contribution is -2.49. The number of para-hydroxylation sites is 2. The van der Waals surface area contributed by atoms with Crippen LogP contribution in [0, 0.1) is 18.6 Å². The van der Waals surface area contributed by atoms with Crippen molar-refractivity contribution in [3.63, 3.8) is 0 Å². The zero-order valence-corrected chi connectivity index (χ0v) is 26.7. The summed E-state index contributed by atoms with van der Waals surface area (Å²) in [5.41, 5.74) is 2.38. The van der Waals surface area contributed by atoms with Crippen molar-refractivity contribution in [2.24, 2.45) is 5.14 Å². The van der Waals surface area contributed by atoms with Crippen LogP contribution in [0.15, 0.2) is 71.6 Å². The molecule has 3 fully saturated rings. The van der Waals surface area contributed by atoms with Gasteiger partial charge >= 0.3 is 0 Å². The maximum absolute atomic E-state index is 15.1. The van der Waals surface area contributed by atoms with Crippen LogP contribution in [0.5, 0.6) is 0 Å². The molecule has 8 nitrogen and oxygen atoms in total. The van der Waals surface area contributed by atoms with Gasteiger partial charge in [-0.05, 0) is 93.7 Å². The standard InChI is InChI=1S/C35H39F2N5O3S/c1-23-39-29-9-5-6-10-30(29)42(23)27-21-25-11-12-26(22-27)41(25)20-17-35(24-7-3-2-4-8-24)15-18-40(19-16-35)34(43)32-28(36)13-14-31(33(32)37)46(38,44)45/h2-10,13-14,25-27H,11-12,15-22H2,1H3,(H2,38,44,45)/t25-,26+,27?. The van der Waals surface area contributed by atoms with Crippen molar-refractivity contribution in [3.05, 3.63) is 95.3 Å². The highest BCUT2D eigenvalue weighted by atomic mass is 32.2. The number of imidazole rings is 1. The summed E-state index contributed by atoms with van der Waals surface area (Å²) in [5.74, 6) is -2.33. The number of aromatic nitrogens is 2. The van der Waals surface area contributed by atoms with Gasteiger partial charge in [0, 0.05) is 31.2 Å². The first-order chi connectivity index (χ1) is 22.1. The Kier molecular flexibility index (Phi) is 7.97. The molecule has 46 heavy (non-hydrogen) atoms. The number of carbonyl (C=O) groups excluding carboxylic acids is 1. The highest BCUT2D eigenvalue weighted by Gasteiger charge is 2.44. The van der Waals surface area contributed by atoms with Gasteiger partial charge in [-0.1, -0.05) is 42.5 Å². The summed E-state index contributed by atoms with van der Waals surface area (Å²) in [6, 6.07) is 21.7. The van der Waals surface area contributed by atoms with Gasteiger partial charge in [0.15, 0.2) is 5.82 Å². The third-order valence-corrected chi connectivity index (χ3v) is 11.7. The van der Waals surface area contributed by atoms with Crippen LogP contribution in [0.3, 0.4) is 0 Å². The number of hydrogen-bond donors (Lipinski definition) is 1. The van der Waals surface area contributed by atoms with Gasteiger partial charge in [-0.2, -0.15) is 0 Å². The Labute approximate surface area is 268 Å². The molecule has 1 aromatic heterocycles. The molecule has 0 saturated carbocycles. The summed E-state index contributed by atoms with van der Waals surface area (Å²) < 4.78 is 56.0. The van der Waals surface area contributed by atoms with E-state index < -0.39 is 38.0 Å². The Morgan fingerprint density at radius 2 is 1.59 bits per heavy atom. The van der Waals surface area contributed by atoms with Gasteiger partial charge in [-0.15, -0.1) is 0 Å². The molecule has 11 heteroatoms. The molecule has 0 radical (unpaired) electrons. The molecule has 3 aliphatic heterocycles. The molecule has 4 heterocycles. The molecule has 4 aromatic rings. The first kappa shape index (κ1) is 31.0. The second-order valence-corrected chi connectivity index (χ2v) is 14.8. The maximum atomic E-state index is 15.1. The van der Waals surface area contributed by atoms with Crippen LogP contribution in [0.4, 0.5) is 8.78 Å². The van der Waals surface area contributed by atoms with Crippen molar-refractivity contribution < 1.29 is 22.0 Å². The van der Waals surface area contributed by atoms with Gasteiger partial charge in [0.05, 0.1) is 11.0 Å². The fourth-order valence-electron chi connectivity index (χ4n) is 8.51. The maximum Gasteiger partial charge on any atom is 0.259 e. The SMILES string of the molecule is Cc1nc2ccccc2n1C1C[C@H]2CC[C@@H](C1)N2CCC1(c2ccccc2)CCN(C(=O)c2c(F)ccc(S(N)(=O)=O)c2F)CC1. The molecular formula is C35H39F2N5O3S. The highest BCUT2D eigenvalue weighted by molar-refractivity contribution is 7.89. The van der Waals surface area contributed by atoms with Gasteiger partial charge < -0.3 is 9.47 Å². The Morgan fingerprint density at radius 1 is 0.935 bits per heavy atom. The van der Waals surface area contributed by atoms with Crippen LogP contribution < -0.4 is 5.14 Å². The predicted molar refractivity (Wildman–Crippen MR) is 172 cm³/mol. The molecule has 1 amide bonds. The number of piperidine rings is 2.